The van der Waals surface area contributed by atoms with E-state index in [0.29, 0.717) is 43.1 Å². The lowest BCUT2D eigenvalue weighted by atomic mass is 9.69. The van der Waals surface area contributed by atoms with Gasteiger partial charge in [-0.3, -0.25) is 0 Å². The highest BCUT2D eigenvalue weighted by Crippen LogP contribution is 2.49. The van der Waals surface area contributed by atoms with Gasteiger partial charge in [-0.05, 0) is 42.2 Å². The zero-order valence-corrected chi connectivity index (χ0v) is 27.9. The van der Waals surface area contributed by atoms with Gasteiger partial charge in [0.1, 0.15) is 18.3 Å². The Morgan fingerprint density at radius 2 is 1.74 bits per heavy atom. The normalized spacial score (nSPS) is 20.4. The molecule has 0 aromatic heterocycles. The van der Waals surface area contributed by atoms with Crippen LogP contribution >= 0.6 is 0 Å². The SMILES string of the molecule is CCCCC1(CC)CS(=O)(=O)c2ccc([NH+](C)C)cc2C(c2cccc(NCCOCCOCC(=O)O)c2)C1O.O=C([O-])C(F)(F)F. The van der Waals surface area contributed by atoms with Crippen molar-refractivity contribution >= 4 is 33.2 Å². The summed E-state index contributed by atoms with van der Waals surface area (Å²) < 4.78 is 69.7. The molecule has 0 fully saturated rings. The molecular weight excluding hydrogens is 645 g/mol. The van der Waals surface area contributed by atoms with Crippen LogP contribution in [0.1, 0.15) is 56.6 Å². The van der Waals surface area contributed by atoms with E-state index in [1.807, 2.05) is 57.4 Å². The van der Waals surface area contributed by atoms with Crippen LogP contribution in [-0.4, -0.2) is 95.7 Å². The number of aliphatic carboxylic acids is 2. The fourth-order valence-corrected chi connectivity index (χ4v) is 7.79. The van der Waals surface area contributed by atoms with Gasteiger partial charge >= 0.3 is 12.1 Å². The molecule has 11 nitrogen and oxygen atoms in total. The Kier molecular flexibility index (Phi) is 15.1. The van der Waals surface area contributed by atoms with Gasteiger partial charge in [0.2, 0.25) is 0 Å². The number of aliphatic hydroxyl groups is 1. The third kappa shape index (κ3) is 11.5. The number of alkyl halides is 3. The minimum absolute atomic E-state index is 0.0687. The second-order valence-corrected chi connectivity index (χ2v) is 13.6. The molecule has 47 heavy (non-hydrogen) atoms. The standard InChI is InChI=1S/C30H44N2O7S.C2HF3O2/c1-5-7-13-30(6-2)21-40(36,37)26-12-11-24(32(3)4)19-25(26)28(29(30)35)22-9-8-10-23(18-22)31-14-15-38-16-17-39-20-27(33)34;3-2(4,5)1(6)7/h8-12,18-19,28-29,31,35H,5-7,13-17,20-21H2,1-4H3,(H,33,34);(H,6,7). The minimum atomic E-state index is -5.19. The fourth-order valence-electron chi connectivity index (χ4n) is 5.54. The number of quaternary nitrogens is 1. The number of halogens is 3. The molecule has 1 heterocycles. The number of ether oxygens (including phenoxy) is 2. The van der Waals surface area contributed by atoms with E-state index in [0.717, 1.165) is 34.7 Å². The number of carboxylic acids is 2. The van der Waals surface area contributed by atoms with Crippen LogP contribution in [0, 0.1) is 5.41 Å². The summed E-state index contributed by atoms with van der Waals surface area (Å²) in [5, 5.41) is 32.9. The van der Waals surface area contributed by atoms with Gasteiger partial charge in [-0.1, -0.05) is 38.8 Å². The number of hydrogen-bond donors (Lipinski definition) is 4. The second-order valence-electron chi connectivity index (χ2n) is 11.6. The maximum atomic E-state index is 13.8. The zero-order chi connectivity index (χ0) is 35.4. The van der Waals surface area contributed by atoms with Gasteiger partial charge in [-0.2, -0.15) is 13.2 Å². The molecular formula is C32H45F3N2O9S. The van der Waals surface area contributed by atoms with Crippen LogP contribution in [0.5, 0.6) is 0 Å². The molecule has 264 valence electrons. The fraction of sp³-hybridized carbons (Fsp3) is 0.562. The number of rotatable bonds is 15. The van der Waals surface area contributed by atoms with E-state index in [1.165, 1.54) is 0 Å². The molecule has 0 amide bonds. The number of nitrogens with one attached hydrogen (secondary N) is 2. The van der Waals surface area contributed by atoms with Crippen LogP contribution in [0.2, 0.25) is 0 Å². The molecule has 3 atom stereocenters. The second kappa shape index (κ2) is 17.8. The van der Waals surface area contributed by atoms with Crippen molar-refractivity contribution in [3.05, 3.63) is 53.6 Å². The molecule has 15 heteroatoms. The minimum Gasteiger partial charge on any atom is -0.542 e. The molecule has 0 radical (unpaired) electrons. The van der Waals surface area contributed by atoms with E-state index in [1.54, 1.807) is 6.07 Å². The average Bonchev–Trinajstić information content (AvgIpc) is 3.07. The zero-order valence-electron chi connectivity index (χ0n) is 27.1. The molecule has 0 bridgehead atoms. The number of carbonyl (C=O) groups is 2. The summed E-state index contributed by atoms with van der Waals surface area (Å²) in [6.07, 6.45) is -3.10. The third-order valence-electron chi connectivity index (χ3n) is 8.06. The number of aliphatic hydroxyl groups excluding tert-OH is 1. The number of unbranched alkanes of at least 4 members (excludes halogenated alkanes) is 1. The monoisotopic (exact) mass is 690 g/mol. The summed E-state index contributed by atoms with van der Waals surface area (Å²) in [6, 6.07) is 13.3. The average molecular weight is 691 g/mol. The Morgan fingerprint density at radius 3 is 2.32 bits per heavy atom. The first kappa shape index (κ1) is 39.9. The lowest BCUT2D eigenvalue weighted by Gasteiger charge is -2.39. The Hall–Kier alpha value is -3.24. The van der Waals surface area contributed by atoms with Crippen LogP contribution in [0.4, 0.5) is 24.5 Å². The molecule has 3 rings (SSSR count). The Balaban J connectivity index is 0.000000984. The third-order valence-corrected chi connectivity index (χ3v) is 10.1. The highest BCUT2D eigenvalue weighted by atomic mass is 32.2. The summed E-state index contributed by atoms with van der Waals surface area (Å²) >= 11 is 0. The van der Waals surface area contributed by atoms with Gasteiger partial charge in [-0.25, -0.2) is 13.2 Å². The first-order valence-electron chi connectivity index (χ1n) is 15.3. The van der Waals surface area contributed by atoms with Gasteiger partial charge in [0.05, 0.1) is 50.7 Å². The number of anilines is 1. The number of benzene rings is 2. The largest absolute Gasteiger partial charge is 0.542 e. The maximum Gasteiger partial charge on any atom is 0.430 e. The highest BCUT2D eigenvalue weighted by molar-refractivity contribution is 7.91. The smallest absolute Gasteiger partial charge is 0.430 e. The summed E-state index contributed by atoms with van der Waals surface area (Å²) in [7, 11) is 0.370. The van der Waals surface area contributed by atoms with Crippen molar-refractivity contribution in [3.63, 3.8) is 0 Å². The van der Waals surface area contributed by atoms with Crippen molar-refractivity contribution < 1.29 is 60.9 Å². The molecule has 0 spiro atoms. The van der Waals surface area contributed by atoms with Gasteiger partial charge < -0.3 is 39.8 Å². The lowest BCUT2D eigenvalue weighted by Crippen LogP contribution is -3.00. The molecule has 0 saturated heterocycles. The highest BCUT2D eigenvalue weighted by Gasteiger charge is 2.49. The number of fused-ring (bicyclic) bond motifs is 1. The molecule has 3 unspecified atom stereocenters. The van der Waals surface area contributed by atoms with Gasteiger partial charge in [0.25, 0.3) is 0 Å². The summed E-state index contributed by atoms with van der Waals surface area (Å²) in [5.41, 5.74) is 2.56. The van der Waals surface area contributed by atoms with Crippen LogP contribution in [0.15, 0.2) is 47.4 Å². The van der Waals surface area contributed by atoms with Gasteiger partial charge in [0.15, 0.2) is 9.84 Å². The molecule has 1 aliphatic heterocycles. The van der Waals surface area contributed by atoms with Crippen LogP contribution in [0.3, 0.4) is 0 Å². The van der Waals surface area contributed by atoms with E-state index in [-0.39, 0.29) is 19.0 Å². The van der Waals surface area contributed by atoms with Gasteiger partial charge in [-0.15, -0.1) is 0 Å². The van der Waals surface area contributed by atoms with Crippen LogP contribution in [0.25, 0.3) is 0 Å². The van der Waals surface area contributed by atoms with Crippen LogP contribution in [-0.2, 0) is 28.9 Å². The maximum absolute atomic E-state index is 13.8. The molecule has 0 saturated carbocycles. The molecule has 2 aromatic rings. The predicted octanol–water partition coefficient (Wildman–Crippen LogP) is 2.16. The van der Waals surface area contributed by atoms with E-state index >= 15 is 0 Å². The molecule has 2 aromatic carbocycles. The van der Waals surface area contributed by atoms with Gasteiger partial charge in [0, 0.05) is 35.7 Å². The van der Waals surface area contributed by atoms with Crippen molar-refractivity contribution in [2.24, 2.45) is 5.41 Å². The van der Waals surface area contributed by atoms with E-state index in [2.05, 4.69) is 12.2 Å². The van der Waals surface area contributed by atoms with E-state index in [9.17, 15) is 31.5 Å². The first-order chi connectivity index (χ1) is 22.0. The van der Waals surface area contributed by atoms with Crippen molar-refractivity contribution in [1.82, 2.24) is 0 Å². The molecule has 4 N–H and O–H groups in total. The Labute approximate surface area is 273 Å². The quantitative estimate of drug-likeness (QED) is 0.204. The Bertz CT molecular complexity index is 1440. The van der Waals surface area contributed by atoms with Crippen molar-refractivity contribution in [1.29, 1.82) is 0 Å². The van der Waals surface area contributed by atoms with E-state index in [4.69, 9.17) is 24.5 Å². The Morgan fingerprint density at radius 1 is 1.09 bits per heavy atom. The number of carbonyl (C=O) groups excluding carboxylic acids is 1. The van der Waals surface area contributed by atoms with E-state index < -0.39 is 45.4 Å². The summed E-state index contributed by atoms with van der Waals surface area (Å²) in [5.74, 6) is -4.60. The lowest BCUT2D eigenvalue weighted by molar-refractivity contribution is -0.786. The van der Waals surface area contributed by atoms with Crippen LogP contribution < -0.4 is 15.3 Å². The topological polar surface area (TPSA) is 167 Å². The molecule has 1 aliphatic rings. The number of sulfone groups is 1. The summed E-state index contributed by atoms with van der Waals surface area (Å²) in [4.78, 5) is 20.7. The van der Waals surface area contributed by atoms with Crippen molar-refractivity contribution in [2.75, 3.05) is 58.1 Å². The number of hydrogen-bond acceptors (Lipinski definition) is 9. The number of carboxylic acid groups (broad SMARTS) is 2. The summed E-state index contributed by atoms with van der Waals surface area (Å²) in [6.45, 7) is 5.14. The van der Waals surface area contributed by atoms with Crippen molar-refractivity contribution in [2.45, 2.75) is 62.6 Å². The predicted molar refractivity (Wildman–Crippen MR) is 166 cm³/mol. The first-order valence-corrected chi connectivity index (χ1v) is 17.0. The van der Waals surface area contributed by atoms with Crippen molar-refractivity contribution in [3.8, 4) is 0 Å². The molecule has 0 aliphatic carbocycles.